The minimum absolute atomic E-state index is 0.232. The number of benzene rings is 1. The van der Waals surface area contributed by atoms with Crippen LogP contribution in [-0.4, -0.2) is 24.6 Å². The number of nitrogens with zero attached hydrogens (tertiary/aromatic N) is 2. The molecule has 0 saturated carbocycles. The number of pyridine rings is 1. The Morgan fingerprint density at radius 2 is 1.84 bits per heavy atom. The van der Waals surface area contributed by atoms with Gasteiger partial charge in [-0.2, -0.15) is 0 Å². The van der Waals surface area contributed by atoms with Crippen LogP contribution in [0.5, 0.6) is 5.88 Å². The predicted octanol–water partition coefficient (Wildman–Crippen LogP) is 3.26. The molecule has 1 aromatic heterocycles. The number of aliphatic imine (C=N–C) groups is 1. The molecule has 0 saturated heterocycles. The molecule has 5 nitrogen and oxygen atoms in total. The van der Waals surface area contributed by atoms with Gasteiger partial charge in [0.15, 0.2) is 5.96 Å². The number of guanidine groups is 1. The normalized spacial score (nSPS) is 11.2. The van der Waals surface area contributed by atoms with Crippen LogP contribution < -0.4 is 15.4 Å². The van der Waals surface area contributed by atoms with Gasteiger partial charge in [-0.05, 0) is 18.6 Å². The van der Waals surface area contributed by atoms with Gasteiger partial charge in [-0.25, -0.2) is 9.37 Å². The Balaban J connectivity index is 1.89. The number of unbranched alkanes of at least 4 members (excludes halogenated alkanes) is 1. The first-order valence-corrected chi connectivity index (χ1v) is 8.49. The minimum atomic E-state index is -0.232. The number of hydrogen-bond acceptors (Lipinski definition) is 3. The van der Waals surface area contributed by atoms with Gasteiger partial charge in [0.05, 0.1) is 6.61 Å². The Kier molecular flexibility index (Phi) is 7.69. The lowest BCUT2D eigenvalue weighted by molar-refractivity contribution is 0.294. The van der Waals surface area contributed by atoms with Crippen molar-refractivity contribution in [2.75, 3.05) is 13.7 Å². The van der Waals surface area contributed by atoms with Crippen LogP contribution in [0, 0.1) is 5.82 Å². The molecule has 0 spiro atoms. The predicted molar refractivity (Wildman–Crippen MR) is 98.1 cm³/mol. The fourth-order valence-corrected chi connectivity index (χ4v) is 2.22. The van der Waals surface area contributed by atoms with Gasteiger partial charge in [0.25, 0.3) is 0 Å². The molecule has 0 aliphatic carbocycles. The topological polar surface area (TPSA) is 58.5 Å². The highest BCUT2D eigenvalue weighted by Crippen LogP contribution is 2.14. The summed E-state index contributed by atoms with van der Waals surface area (Å²) in [6, 6.07) is 10.5. The van der Waals surface area contributed by atoms with E-state index in [0.29, 0.717) is 37.1 Å². The van der Waals surface area contributed by atoms with E-state index in [0.717, 1.165) is 18.4 Å². The second-order valence-corrected chi connectivity index (χ2v) is 5.54. The standard InChI is InChI=1S/C19H25FN4O/c1-3-4-12-25-18-16(9-7-11-22-18)14-24-19(21-2)23-13-15-8-5-6-10-17(15)20/h5-11H,3-4,12-14H2,1-2H3,(H2,21,23,24). The molecule has 0 unspecified atom stereocenters. The molecule has 2 aromatic rings. The molecule has 6 heteroatoms. The number of hydrogen-bond donors (Lipinski definition) is 2. The number of halogens is 1. The van der Waals surface area contributed by atoms with E-state index in [9.17, 15) is 4.39 Å². The van der Waals surface area contributed by atoms with Gasteiger partial charge < -0.3 is 15.4 Å². The van der Waals surface area contributed by atoms with Crippen LogP contribution in [0.3, 0.4) is 0 Å². The van der Waals surface area contributed by atoms with E-state index in [1.165, 1.54) is 6.07 Å². The van der Waals surface area contributed by atoms with Crippen molar-refractivity contribution in [3.63, 3.8) is 0 Å². The van der Waals surface area contributed by atoms with Gasteiger partial charge in [0.2, 0.25) is 5.88 Å². The summed E-state index contributed by atoms with van der Waals surface area (Å²) in [5.74, 6) is 0.990. The van der Waals surface area contributed by atoms with Crippen molar-refractivity contribution in [1.82, 2.24) is 15.6 Å². The van der Waals surface area contributed by atoms with E-state index in [1.807, 2.05) is 18.2 Å². The summed E-state index contributed by atoms with van der Waals surface area (Å²) < 4.78 is 19.4. The average Bonchev–Trinajstić information content (AvgIpc) is 2.64. The molecular weight excluding hydrogens is 319 g/mol. The molecule has 0 aliphatic heterocycles. The van der Waals surface area contributed by atoms with Crippen LogP contribution in [-0.2, 0) is 13.1 Å². The van der Waals surface area contributed by atoms with E-state index >= 15 is 0 Å². The zero-order valence-corrected chi connectivity index (χ0v) is 14.8. The fourth-order valence-electron chi connectivity index (χ4n) is 2.22. The quantitative estimate of drug-likeness (QED) is 0.438. The summed E-state index contributed by atoms with van der Waals surface area (Å²) in [6.07, 6.45) is 3.79. The van der Waals surface area contributed by atoms with Gasteiger partial charge in [-0.15, -0.1) is 0 Å². The molecule has 134 valence electrons. The first-order valence-electron chi connectivity index (χ1n) is 8.49. The lowest BCUT2D eigenvalue weighted by atomic mass is 10.2. The third-order valence-electron chi connectivity index (χ3n) is 3.66. The molecule has 2 N–H and O–H groups in total. The van der Waals surface area contributed by atoms with Crippen LogP contribution in [0.1, 0.15) is 30.9 Å². The third kappa shape index (κ3) is 6.06. The van der Waals surface area contributed by atoms with Crippen molar-refractivity contribution < 1.29 is 9.13 Å². The summed E-state index contributed by atoms with van der Waals surface area (Å²) in [5.41, 5.74) is 1.54. The molecular formula is C19H25FN4O. The Morgan fingerprint density at radius 3 is 2.56 bits per heavy atom. The molecule has 0 radical (unpaired) electrons. The maximum atomic E-state index is 13.7. The van der Waals surface area contributed by atoms with Crippen molar-refractivity contribution in [2.24, 2.45) is 4.99 Å². The van der Waals surface area contributed by atoms with Crippen LogP contribution in [0.2, 0.25) is 0 Å². The number of nitrogens with one attached hydrogen (secondary N) is 2. The molecule has 0 fully saturated rings. The minimum Gasteiger partial charge on any atom is -0.477 e. The monoisotopic (exact) mass is 344 g/mol. The maximum Gasteiger partial charge on any atom is 0.218 e. The van der Waals surface area contributed by atoms with Crippen LogP contribution in [0.25, 0.3) is 0 Å². The first-order chi connectivity index (χ1) is 12.2. The fraction of sp³-hybridized carbons (Fsp3) is 0.368. The highest BCUT2D eigenvalue weighted by molar-refractivity contribution is 5.79. The number of rotatable bonds is 8. The molecule has 0 aliphatic rings. The van der Waals surface area contributed by atoms with Crippen LogP contribution in [0.15, 0.2) is 47.6 Å². The second-order valence-electron chi connectivity index (χ2n) is 5.54. The van der Waals surface area contributed by atoms with E-state index < -0.39 is 0 Å². The van der Waals surface area contributed by atoms with Gasteiger partial charge in [-0.3, -0.25) is 4.99 Å². The van der Waals surface area contributed by atoms with Crippen molar-refractivity contribution in [2.45, 2.75) is 32.9 Å². The summed E-state index contributed by atoms with van der Waals surface area (Å²) in [7, 11) is 1.68. The van der Waals surface area contributed by atoms with Crippen molar-refractivity contribution in [3.8, 4) is 5.88 Å². The molecule has 0 amide bonds. The molecule has 2 rings (SSSR count). The average molecular weight is 344 g/mol. The largest absolute Gasteiger partial charge is 0.477 e. The molecule has 25 heavy (non-hydrogen) atoms. The molecule has 0 bridgehead atoms. The molecule has 1 aromatic carbocycles. The highest BCUT2D eigenvalue weighted by atomic mass is 19.1. The van der Waals surface area contributed by atoms with Gasteiger partial charge in [0, 0.05) is 37.5 Å². The van der Waals surface area contributed by atoms with E-state index in [2.05, 4.69) is 27.5 Å². The maximum absolute atomic E-state index is 13.7. The Bertz CT molecular complexity index is 691. The Labute approximate surface area is 148 Å². The summed E-state index contributed by atoms with van der Waals surface area (Å²) in [5, 5.41) is 6.31. The first kappa shape index (κ1) is 18.7. The number of aromatic nitrogens is 1. The lowest BCUT2D eigenvalue weighted by Crippen LogP contribution is -2.36. The third-order valence-corrected chi connectivity index (χ3v) is 3.66. The van der Waals surface area contributed by atoms with E-state index in [-0.39, 0.29) is 5.82 Å². The van der Waals surface area contributed by atoms with Crippen LogP contribution in [0.4, 0.5) is 4.39 Å². The molecule has 1 heterocycles. The Morgan fingerprint density at radius 1 is 1.12 bits per heavy atom. The van der Waals surface area contributed by atoms with Gasteiger partial charge >= 0.3 is 0 Å². The number of ether oxygens (including phenoxy) is 1. The zero-order chi connectivity index (χ0) is 17.9. The molecule has 0 atom stereocenters. The lowest BCUT2D eigenvalue weighted by Gasteiger charge is -2.14. The van der Waals surface area contributed by atoms with Crippen molar-refractivity contribution in [1.29, 1.82) is 0 Å². The highest BCUT2D eigenvalue weighted by Gasteiger charge is 2.07. The summed E-state index contributed by atoms with van der Waals surface area (Å²) in [6.45, 7) is 3.65. The Hall–Kier alpha value is -2.63. The second kappa shape index (κ2) is 10.3. The van der Waals surface area contributed by atoms with E-state index in [1.54, 1.807) is 25.4 Å². The SMILES string of the molecule is CCCCOc1ncccc1CNC(=NC)NCc1ccccc1F. The van der Waals surface area contributed by atoms with Gasteiger partial charge in [-0.1, -0.05) is 37.6 Å². The van der Waals surface area contributed by atoms with Crippen molar-refractivity contribution in [3.05, 3.63) is 59.5 Å². The van der Waals surface area contributed by atoms with Crippen molar-refractivity contribution >= 4 is 5.96 Å². The summed E-state index contributed by atoms with van der Waals surface area (Å²) >= 11 is 0. The van der Waals surface area contributed by atoms with Crippen LogP contribution >= 0.6 is 0 Å². The van der Waals surface area contributed by atoms with Gasteiger partial charge in [0.1, 0.15) is 5.82 Å². The zero-order valence-electron chi connectivity index (χ0n) is 14.8. The summed E-state index contributed by atoms with van der Waals surface area (Å²) in [4.78, 5) is 8.45. The smallest absolute Gasteiger partial charge is 0.218 e. The van der Waals surface area contributed by atoms with E-state index in [4.69, 9.17) is 4.74 Å².